The van der Waals surface area contributed by atoms with Crippen molar-refractivity contribution in [3.63, 3.8) is 0 Å². The zero-order valence-corrected chi connectivity index (χ0v) is 9.01. The molecule has 15 heavy (non-hydrogen) atoms. The van der Waals surface area contributed by atoms with Gasteiger partial charge in [0.25, 0.3) is 0 Å². The van der Waals surface area contributed by atoms with E-state index in [2.05, 4.69) is 0 Å². The Balaban J connectivity index is 2.26. The van der Waals surface area contributed by atoms with Crippen LogP contribution in [0.5, 0.6) is 0 Å². The standard InChI is InChI=1S/C13H18FN/c14-10-11-5-4-6-12(9-11)13(15)7-2-1-3-8-13/h4-6,9H,1-3,7-8,10,15H2. The molecule has 1 aliphatic carbocycles. The lowest BCUT2D eigenvalue weighted by molar-refractivity contribution is 0.302. The fraction of sp³-hybridized carbons (Fsp3) is 0.538. The lowest BCUT2D eigenvalue weighted by atomic mass is 9.77. The summed E-state index contributed by atoms with van der Waals surface area (Å²) in [6, 6.07) is 7.68. The van der Waals surface area contributed by atoms with E-state index in [9.17, 15) is 4.39 Å². The molecular weight excluding hydrogens is 189 g/mol. The van der Waals surface area contributed by atoms with Gasteiger partial charge in [-0.25, -0.2) is 4.39 Å². The number of halogens is 1. The molecule has 2 heteroatoms. The molecule has 0 atom stereocenters. The molecule has 0 bridgehead atoms. The lowest BCUT2D eigenvalue weighted by Crippen LogP contribution is -2.38. The molecule has 0 aliphatic heterocycles. The number of benzene rings is 1. The third-order valence-electron chi connectivity index (χ3n) is 3.40. The summed E-state index contributed by atoms with van der Waals surface area (Å²) in [6.45, 7) is -0.399. The van der Waals surface area contributed by atoms with Gasteiger partial charge in [0.2, 0.25) is 0 Å². The molecule has 0 radical (unpaired) electrons. The fourth-order valence-corrected chi connectivity index (χ4v) is 2.44. The first kappa shape index (κ1) is 10.6. The summed E-state index contributed by atoms with van der Waals surface area (Å²) >= 11 is 0. The van der Waals surface area contributed by atoms with Crippen LogP contribution in [0.4, 0.5) is 4.39 Å². The van der Waals surface area contributed by atoms with Crippen LogP contribution in [0.2, 0.25) is 0 Å². The molecule has 0 amide bonds. The largest absolute Gasteiger partial charge is 0.321 e. The van der Waals surface area contributed by atoms with Crippen LogP contribution in [0, 0.1) is 0 Å². The second kappa shape index (κ2) is 4.31. The van der Waals surface area contributed by atoms with Gasteiger partial charge in [-0.1, -0.05) is 43.5 Å². The molecule has 82 valence electrons. The zero-order valence-electron chi connectivity index (χ0n) is 9.01. The third-order valence-corrected chi connectivity index (χ3v) is 3.40. The number of hydrogen-bond acceptors (Lipinski definition) is 1. The first-order valence-corrected chi connectivity index (χ1v) is 5.69. The van der Waals surface area contributed by atoms with Gasteiger partial charge in [0.15, 0.2) is 0 Å². The van der Waals surface area contributed by atoms with Gasteiger partial charge in [0.05, 0.1) is 0 Å². The number of rotatable bonds is 2. The molecule has 1 fully saturated rings. The Morgan fingerprint density at radius 2 is 1.93 bits per heavy atom. The van der Waals surface area contributed by atoms with Crippen LogP contribution in [0.3, 0.4) is 0 Å². The molecule has 0 aromatic heterocycles. The molecule has 2 rings (SSSR count). The van der Waals surface area contributed by atoms with Crippen LogP contribution in [-0.2, 0) is 12.2 Å². The molecule has 0 unspecified atom stereocenters. The Kier molecular flexibility index (Phi) is 3.06. The number of hydrogen-bond donors (Lipinski definition) is 1. The van der Waals surface area contributed by atoms with Gasteiger partial charge in [-0.15, -0.1) is 0 Å². The molecule has 2 N–H and O–H groups in total. The minimum absolute atomic E-state index is 0.205. The smallest absolute Gasteiger partial charge is 0.115 e. The van der Waals surface area contributed by atoms with Crippen molar-refractivity contribution in [3.05, 3.63) is 35.4 Å². The minimum Gasteiger partial charge on any atom is -0.321 e. The highest BCUT2D eigenvalue weighted by Gasteiger charge is 2.29. The van der Waals surface area contributed by atoms with E-state index in [1.807, 2.05) is 24.3 Å². The lowest BCUT2D eigenvalue weighted by Gasteiger charge is -2.34. The van der Waals surface area contributed by atoms with Gasteiger partial charge < -0.3 is 5.73 Å². The summed E-state index contributed by atoms with van der Waals surface area (Å²) in [6.07, 6.45) is 5.72. The second-order valence-corrected chi connectivity index (χ2v) is 4.55. The average molecular weight is 207 g/mol. The van der Waals surface area contributed by atoms with Crippen LogP contribution < -0.4 is 5.73 Å². The van der Waals surface area contributed by atoms with E-state index < -0.39 is 6.67 Å². The molecule has 1 nitrogen and oxygen atoms in total. The van der Waals surface area contributed by atoms with Crippen molar-refractivity contribution >= 4 is 0 Å². The monoisotopic (exact) mass is 207 g/mol. The van der Waals surface area contributed by atoms with E-state index in [0.717, 1.165) is 24.0 Å². The number of alkyl halides is 1. The maximum Gasteiger partial charge on any atom is 0.115 e. The van der Waals surface area contributed by atoms with Crippen LogP contribution in [0.15, 0.2) is 24.3 Å². The predicted octanol–water partition coefficient (Wildman–Crippen LogP) is 3.27. The first-order chi connectivity index (χ1) is 7.24. The Morgan fingerprint density at radius 1 is 1.20 bits per heavy atom. The third kappa shape index (κ3) is 2.20. The van der Waals surface area contributed by atoms with Crippen molar-refractivity contribution in [1.82, 2.24) is 0 Å². The highest BCUT2D eigenvalue weighted by atomic mass is 19.1. The minimum atomic E-state index is -0.399. The summed E-state index contributed by atoms with van der Waals surface area (Å²) in [5.41, 5.74) is 8.02. The molecule has 1 saturated carbocycles. The highest BCUT2D eigenvalue weighted by molar-refractivity contribution is 5.29. The molecule has 0 heterocycles. The maximum absolute atomic E-state index is 12.6. The Labute approximate surface area is 90.5 Å². The molecule has 1 aliphatic rings. The molecule has 1 aromatic carbocycles. The van der Waals surface area contributed by atoms with Crippen LogP contribution in [0.25, 0.3) is 0 Å². The van der Waals surface area contributed by atoms with Crippen LogP contribution >= 0.6 is 0 Å². The molecule has 0 saturated heterocycles. The van der Waals surface area contributed by atoms with Crippen molar-refractivity contribution in [1.29, 1.82) is 0 Å². The highest BCUT2D eigenvalue weighted by Crippen LogP contribution is 2.34. The fourth-order valence-electron chi connectivity index (χ4n) is 2.44. The van der Waals surface area contributed by atoms with Crippen molar-refractivity contribution in [3.8, 4) is 0 Å². The van der Waals surface area contributed by atoms with E-state index in [1.54, 1.807) is 0 Å². The van der Waals surface area contributed by atoms with Gasteiger partial charge in [-0.2, -0.15) is 0 Å². The molecular formula is C13H18FN. The van der Waals surface area contributed by atoms with Crippen molar-refractivity contribution in [2.45, 2.75) is 44.3 Å². The van der Waals surface area contributed by atoms with E-state index in [4.69, 9.17) is 5.73 Å². The second-order valence-electron chi connectivity index (χ2n) is 4.55. The SMILES string of the molecule is NC1(c2cccc(CF)c2)CCCCC1. The van der Waals surface area contributed by atoms with Gasteiger partial charge >= 0.3 is 0 Å². The van der Waals surface area contributed by atoms with E-state index >= 15 is 0 Å². The predicted molar refractivity (Wildman–Crippen MR) is 60.2 cm³/mol. The zero-order chi connectivity index (χ0) is 10.7. The summed E-state index contributed by atoms with van der Waals surface area (Å²) in [5, 5.41) is 0. The molecule has 1 aromatic rings. The molecule has 0 spiro atoms. The van der Waals surface area contributed by atoms with Gasteiger partial charge in [0, 0.05) is 5.54 Å². The van der Waals surface area contributed by atoms with Gasteiger partial charge in [0.1, 0.15) is 6.67 Å². The van der Waals surface area contributed by atoms with Crippen molar-refractivity contribution in [2.75, 3.05) is 0 Å². The van der Waals surface area contributed by atoms with E-state index in [0.29, 0.717) is 0 Å². The van der Waals surface area contributed by atoms with Crippen molar-refractivity contribution in [2.24, 2.45) is 5.73 Å². The summed E-state index contributed by atoms with van der Waals surface area (Å²) in [5.74, 6) is 0. The first-order valence-electron chi connectivity index (χ1n) is 5.69. The van der Waals surface area contributed by atoms with Crippen LogP contribution in [-0.4, -0.2) is 0 Å². The van der Waals surface area contributed by atoms with Crippen molar-refractivity contribution < 1.29 is 4.39 Å². The normalized spacial score (nSPS) is 20.1. The van der Waals surface area contributed by atoms with E-state index in [1.165, 1.54) is 19.3 Å². The maximum atomic E-state index is 12.6. The van der Waals surface area contributed by atoms with Gasteiger partial charge in [-0.05, 0) is 24.0 Å². The summed E-state index contributed by atoms with van der Waals surface area (Å²) in [4.78, 5) is 0. The Bertz CT molecular complexity index is 329. The summed E-state index contributed by atoms with van der Waals surface area (Å²) < 4.78 is 12.6. The number of nitrogens with two attached hydrogens (primary N) is 1. The summed E-state index contributed by atoms with van der Waals surface area (Å²) in [7, 11) is 0. The van der Waals surface area contributed by atoms with Crippen LogP contribution in [0.1, 0.15) is 43.2 Å². The topological polar surface area (TPSA) is 26.0 Å². The average Bonchev–Trinajstić information content (AvgIpc) is 2.30. The Hall–Kier alpha value is -0.890. The Morgan fingerprint density at radius 3 is 2.60 bits per heavy atom. The van der Waals surface area contributed by atoms with E-state index in [-0.39, 0.29) is 5.54 Å². The van der Waals surface area contributed by atoms with Gasteiger partial charge in [-0.3, -0.25) is 0 Å². The quantitative estimate of drug-likeness (QED) is 0.791.